The second-order valence-electron chi connectivity index (χ2n) is 12.3. The van der Waals surface area contributed by atoms with Crippen molar-refractivity contribution in [3.05, 3.63) is 71.9 Å². The molecule has 0 aliphatic heterocycles. The van der Waals surface area contributed by atoms with E-state index >= 15 is 0 Å². The molecule has 10 nitrogen and oxygen atoms in total. The number of benzene rings is 2. The van der Waals surface area contributed by atoms with Crippen LogP contribution in [0, 0.1) is 5.92 Å². The maximum absolute atomic E-state index is 14.0. The van der Waals surface area contributed by atoms with Crippen molar-refractivity contribution in [1.29, 1.82) is 0 Å². The Morgan fingerprint density at radius 2 is 1.58 bits per heavy atom. The van der Waals surface area contributed by atoms with Gasteiger partial charge in [-0.2, -0.15) is 0 Å². The number of ether oxygens (including phenoxy) is 1. The maximum Gasteiger partial charge on any atom is 0.408 e. The van der Waals surface area contributed by atoms with Crippen LogP contribution in [0.1, 0.15) is 52.7 Å². The van der Waals surface area contributed by atoms with E-state index in [0.717, 1.165) is 22.0 Å². The molecule has 4 amide bonds. The fourth-order valence-corrected chi connectivity index (χ4v) is 4.82. The van der Waals surface area contributed by atoms with Gasteiger partial charge in [0.15, 0.2) is 0 Å². The summed E-state index contributed by atoms with van der Waals surface area (Å²) >= 11 is 0. The fourth-order valence-electron chi connectivity index (χ4n) is 4.82. The average molecular weight is 592 g/mol. The van der Waals surface area contributed by atoms with Crippen LogP contribution in [0.2, 0.25) is 0 Å². The van der Waals surface area contributed by atoms with Crippen molar-refractivity contribution in [1.82, 2.24) is 25.8 Å². The molecule has 1 aromatic heterocycles. The SMILES string of the molecule is CCNC(=O)C(Cc1ccccc1)CN(C)C(=O)C(Cc1c[nH]c2ccccc12)NC(=O)C(C)(C)NC(=O)OC(C)(C)C. The highest BCUT2D eigenvalue weighted by Gasteiger charge is 2.36. The highest BCUT2D eigenvalue weighted by molar-refractivity contribution is 5.94. The highest BCUT2D eigenvalue weighted by atomic mass is 16.6. The number of para-hydroxylation sites is 1. The van der Waals surface area contributed by atoms with Gasteiger partial charge in [0.2, 0.25) is 17.7 Å². The van der Waals surface area contributed by atoms with Crippen molar-refractivity contribution in [2.45, 2.75) is 71.6 Å². The van der Waals surface area contributed by atoms with Crippen LogP contribution in [0.25, 0.3) is 10.9 Å². The molecular formula is C33H45N5O5. The molecule has 0 aliphatic rings. The van der Waals surface area contributed by atoms with E-state index in [1.807, 2.05) is 67.7 Å². The molecule has 0 fully saturated rings. The Kier molecular flexibility index (Phi) is 11.0. The smallest absolute Gasteiger partial charge is 0.408 e. The Bertz CT molecular complexity index is 1410. The number of hydrogen-bond acceptors (Lipinski definition) is 5. The predicted octanol–water partition coefficient (Wildman–Crippen LogP) is 3.95. The zero-order valence-electron chi connectivity index (χ0n) is 26.2. The van der Waals surface area contributed by atoms with Crippen molar-refractivity contribution in [2.24, 2.45) is 5.92 Å². The van der Waals surface area contributed by atoms with Gasteiger partial charge in [-0.15, -0.1) is 0 Å². The number of fused-ring (bicyclic) bond motifs is 1. The lowest BCUT2D eigenvalue weighted by Gasteiger charge is -2.31. The Labute approximate surface area is 253 Å². The zero-order chi connectivity index (χ0) is 31.8. The third-order valence-electron chi connectivity index (χ3n) is 7.00. The lowest BCUT2D eigenvalue weighted by Crippen LogP contribution is -2.60. The largest absolute Gasteiger partial charge is 0.444 e. The number of likely N-dealkylation sites (N-methyl/N-ethyl adjacent to an activating group) is 1. The van der Waals surface area contributed by atoms with Crippen LogP contribution in [0.15, 0.2) is 60.8 Å². The van der Waals surface area contributed by atoms with E-state index in [1.165, 1.54) is 4.90 Å². The fraction of sp³-hybridized carbons (Fsp3) is 0.455. The molecule has 2 aromatic carbocycles. The van der Waals surface area contributed by atoms with Gasteiger partial charge in [-0.1, -0.05) is 48.5 Å². The van der Waals surface area contributed by atoms with E-state index in [-0.39, 0.29) is 24.8 Å². The molecule has 0 radical (unpaired) electrons. The minimum absolute atomic E-state index is 0.147. The normalized spacial score (nSPS) is 13.1. The van der Waals surface area contributed by atoms with E-state index in [2.05, 4.69) is 20.9 Å². The van der Waals surface area contributed by atoms with Gasteiger partial charge in [-0.25, -0.2) is 4.79 Å². The van der Waals surface area contributed by atoms with Crippen molar-refractivity contribution in [2.75, 3.05) is 20.1 Å². The number of carbonyl (C=O) groups is 4. The number of aromatic nitrogens is 1. The van der Waals surface area contributed by atoms with Gasteiger partial charge >= 0.3 is 6.09 Å². The molecule has 0 spiro atoms. The van der Waals surface area contributed by atoms with Crippen LogP contribution in [0.5, 0.6) is 0 Å². The van der Waals surface area contributed by atoms with Gasteiger partial charge in [0.1, 0.15) is 17.2 Å². The number of H-pyrrole nitrogens is 1. The Balaban J connectivity index is 1.85. The molecule has 4 N–H and O–H groups in total. The summed E-state index contributed by atoms with van der Waals surface area (Å²) in [4.78, 5) is 57.7. The van der Waals surface area contributed by atoms with Gasteiger partial charge in [-0.05, 0) is 65.2 Å². The van der Waals surface area contributed by atoms with Crippen LogP contribution in [0.3, 0.4) is 0 Å². The van der Waals surface area contributed by atoms with Crippen LogP contribution in [0.4, 0.5) is 4.79 Å². The van der Waals surface area contributed by atoms with E-state index in [0.29, 0.717) is 13.0 Å². The van der Waals surface area contributed by atoms with Gasteiger partial charge in [0.05, 0.1) is 5.92 Å². The summed E-state index contributed by atoms with van der Waals surface area (Å²) in [5.41, 5.74) is 0.627. The van der Waals surface area contributed by atoms with E-state index < -0.39 is 35.1 Å². The Morgan fingerprint density at radius 3 is 2.23 bits per heavy atom. The molecule has 3 rings (SSSR count). The van der Waals surface area contributed by atoms with Crippen molar-refractivity contribution in [3.63, 3.8) is 0 Å². The van der Waals surface area contributed by atoms with Crippen molar-refractivity contribution >= 4 is 34.7 Å². The lowest BCUT2D eigenvalue weighted by atomic mass is 9.96. The summed E-state index contributed by atoms with van der Waals surface area (Å²) in [5.74, 6) is -1.54. The highest BCUT2D eigenvalue weighted by Crippen LogP contribution is 2.21. The molecule has 0 aliphatic carbocycles. The minimum Gasteiger partial charge on any atom is -0.444 e. The molecule has 232 valence electrons. The number of nitrogens with one attached hydrogen (secondary N) is 4. The minimum atomic E-state index is -1.38. The van der Waals surface area contributed by atoms with E-state index in [9.17, 15) is 19.2 Å². The summed E-state index contributed by atoms with van der Waals surface area (Å²) in [7, 11) is 1.64. The second kappa shape index (κ2) is 14.2. The average Bonchev–Trinajstić information content (AvgIpc) is 3.33. The number of alkyl carbamates (subject to hydrolysis) is 1. The third-order valence-corrected chi connectivity index (χ3v) is 7.00. The molecule has 10 heteroatoms. The van der Waals surface area contributed by atoms with Crippen LogP contribution >= 0.6 is 0 Å². The van der Waals surface area contributed by atoms with Gasteiger partial charge < -0.3 is 30.6 Å². The molecule has 43 heavy (non-hydrogen) atoms. The maximum atomic E-state index is 14.0. The summed E-state index contributed by atoms with van der Waals surface area (Å²) in [6, 6.07) is 16.4. The summed E-state index contributed by atoms with van der Waals surface area (Å²) < 4.78 is 5.34. The molecule has 2 atom stereocenters. The summed E-state index contributed by atoms with van der Waals surface area (Å²) in [6.07, 6.45) is 1.74. The van der Waals surface area contributed by atoms with E-state index in [4.69, 9.17) is 4.74 Å². The van der Waals surface area contributed by atoms with Gasteiger partial charge in [-0.3, -0.25) is 14.4 Å². The third kappa shape index (κ3) is 9.59. The standard InChI is InChI=1S/C33H45N5O5/c1-8-34-28(39)24(18-22-14-10-9-11-15-22)21-38(7)29(40)27(19-23-20-35-26-17-13-12-16-25(23)26)36-30(41)33(5,6)37-31(42)43-32(2,3)4/h9-17,20,24,27,35H,8,18-19,21H2,1-7H3,(H,34,39)(H,36,41)(H,37,42). The lowest BCUT2D eigenvalue weighted by molar-refractivity contribution is -0.138. The number of aromatic amines is 1. The molecule has 0 saturated heterocycles. The number of hydrogen-bond donors (Lipinski definition) is 4. The molecule has 3 aromatic rings. The monoisotopic (exact) mass is 591 g/mol. The molecule has 0 bridgehead atoms. The number of rotatable bonds is 12. The first-order valence-corrected chi connectivity index (χ1v) is 14.6. The van der Waals surface area contributed by atoms with Gasteiger partial charge in [0.25, 0.3) is 0 Å². The van der Waals surface area contributed by atoms with Crippen LogP contribution < -0.4 is 16.0 Å². The number of carbonyl (C=O) groups excluding carboxylic acids is 4. The van der Waals surface area contributed by atoms with Crippen LogP contribution in [-0.4, -0.2) is 71.0 Å². The molecule has 2 unspecified atom stereocenters. The molecular weight excluding hydrogens is 546 g/mol. The topological polar surface area (TPSA) is 133 Å². The predicted molar refractivity (Wildman–Crippen MR) is 167 cm³/mol. The first-order chi connectivity index (χ1) is 20.2. The van der Waals surface area contributed by atoms with E-state index in [1.54, 1.807) is 41.7 Å². The second-order valence-corrected chi connectivity index (χ2v) is 12.3. The first-order valence-electron chi connectivity index (χ1n) is 14.6. The summed E-state index contributed by atoms with van der Waals surface area (Å²) in [5, 5.41) is 9.29. The Morgan fingerprint density at radius 1 is 0.930 bits per heavy atom. The first kappa shape index (κ1) is 33.2. The van der Waals surface area contributed by atoms with Crippen molar-refractivity contribution in [3.8, 4) is 0 Å². The molecule has 0 saturated carbocycles. The van der Waals surface area contributed by atoms with Crippen molar-refractivity contribution < 1.29 is 23.9 Å². The van der Waals surface area contributed by atoms with Gasteiger partial charge in [0, 0.05) is 43.7 Å². The molecule has 1 heterocycles. The van der Waals surface area contributed by atoms with Crippen LogP contribution in [-0.2, 0) is 32.0 Å². The summed E-state index contributed by atoms with van der Waals surface area (Å²) in [6.45, 7) is 10.8. The number of nitrogens with zero attached hydrogens (tertiary/aromatic N) is 1. The zero-order valence-corrected chi connectivity index (χ0v) is 26.2. The Hall–Kier alpha value is -4.34. The quantitative estimate of drug-likeness (QED) is 0.253. The number of amides is 4.